The summed E-state index contributed by atoms with van der Waals surface area (Å²) in [4.78, 5) is 21.1. The Kier molecular flexibility index (Phi) is 4.50. The number of hydrogen-bond acceptors (Lipinski definition) is 3. The Labute approximate surface area is 66.7 Å². The maximum absolute atomic E-state index is 11.0. The molecular weight excluding hydrogens is 144 g/mol. The van der Waals surface area contributed by atoms with Gasteiger partial charge in [0.1, 0.15) is 6.29 Å². The summed E-state index contributed by atoms with van der Waals surface area (Å²) in [7, 11) is 1.34. The number of carbonyl (C=O) groups is 2. The standard InChI is InChI=1S/C8H14O3/c1-6(2)7(4-5-9)8(10)11-3/h5-7H,4H2,1-3H3. The Bertz CT molecular complexity index is 140. The molecule has 0 aliphatic heterocycles. The molecule has 3 nitrogen and oxygen atoms in total. The SMILES string of the molecule is COC(=O)C(CC=O)C(C)C. The van der Waals surface area contributed by atoms with Crippen molar-refractivity contribution < 1.29 is 14.3 Å². The highest BCUT2D eigenvalue weighted by molar-refractivity contribution is 5.75. The first-order chi connectivity index (χ1) is 5.13. The van der Waals surface area contributed by atoms with Crippen LogP contribution in [0.25, 0.3) is 0 Å². The zero-order valence-electron chi connectivity index (χ0n) is 7.16. The van der Waals surface area contributed by atoms with Crippen LogP contribution in [0, 0.1) is 11.8 Å². The number of rotatable bonds is 4. The first-order valence-electron chi connectivity index (χ1n) is 3.65. The molecule has 0 aliphatic rings. The van der Waals surface area contributed by atoms with E-state index in [4.69, 9.17) is 0 Å². The van der Waals surface area contributed by atoms with Crippen molar-refractivity contribution in [3.8, 4) is 0 Å². The van der Waals surface area contributed by atoms with Crippen molar-refractivity contribution in [2.45, 2.75) is 20.3 Å². The van der Waals surface area contributed by atoms with Gasteiger partial charge in [-0.05, 0) is 5.92 Å². The van der Waals surface area contributed by atoms with Crippen molar-refractivity contribution in [1.82, 2.24) is 0 Å². The maximum Gasteiger partial charge on any atom is 0.309 e. The Hall–Kier alpha value is -0.860. The third-order valence-electron chi connectivity index (χ3n) is 1.66. The molecule has 0 saturated carbocycles. The fourth-order valence-electron chi connectivity index (χ4n) is 0.896. The van der Waals surface area contributed by atoms with Gasteiger partial charge in [-0.15, -0.1) is 0 Å². The van der Waals surface area contributed by atoms with Crippen LogP contribution in [-0.2, 0) is 14.3 Å². The van der Waals surface area contributed by atoms with E-state index >= 15 is 0 Å². The molecule has 1 atom stereocenters. The van der Waals surface area contributed by atoms with Crippen LogP contribution in [-0.4, -0.2) is 19.4 Å². The maximum atomic E-state index is 11.0. The molecule has 0 heterocycles. The van der Waals surface area contributed by atoms with Gasteiger partial charge in [0, 0.05) is 6.42 Å². The second-order valence-electron chi connectivity index (χ2n) is 2.78. The van der Waals surface area contributed by atoms with Gasteiger partial charge >= 0.3 is 5.97 Å². The van der Waals surface area contributed by atoms with Crippen molar-refractivity contribution in [2.75, 3.05) is 7.11 Å². The molecule has 0 aliphatic carbocycles. The van der Waals surface area contributed by atoms with E-state index in [9.17, 15) is 9.59 Å². The summed E-state index contributed by atoms with van der Waals surface area (Å²) in [6.07, 6.45) is 1.01. The first-order valence-corrected chi connectivity index (χ1v) is 3.65. The lowest BCUT2D eigenvalue weighted by Gasteiger charge is -2.14. The molecule has 0 aromatic carbocycles. The van der Waals surface area contributed by atoms with Crippen molar-refractivity contribution in [3.05, 3.63) is 0 Å². The smallest absolute Gasteiger partial charge is 0.309 e. The van der Waals surface area contributed by atoms with Crippen LogP contribution in [0.1, 0.15) is 20.3 Å². The fourth-order valence-corrected chi connectivity index (χ4v) is 0.896. The molecule has 0 rings (SSSR count). The van der Waals surface area contributed by atoms with Crippen LogP contribution < -0.4 is 0 Å². The number of hydrogen-bond donors (Lipinski definition) is 0. The summed E-state index contributed by atoms with van der Waals surface area (Å²) < 4.78 is 4.53. The normalized spacial score (nSPS) is 12.7. The molecule has 0 radical (unpaired) electrons. The molecule has 0 saturated heterocycles. The fraction of sp³-hybridized carbons (Fsp3) is 0.750. The van der Waals surface area contributed by atoms with Gasteiger partial charge in [0.05, 0.1) is 13.0 Å². The number of carbonyl (C=O) groups excluding carboxylic acids is 2. The van der Waals surface area contributed by atoms with E-state index in [-0.39, 0.29) is 24.2 Å². The Morgan fingerprint density at radius 2 is 2.09 bits per heavy atom. The molecule has 0 N–H and O–H groups in total. The summed E-state index contributed by atoms with van der Waals surface area (Å²) in [6, 6.07) is 0. The minimum atomic E-state index is -0.299. The van der Waals surface area contributed by atoms with Gasteiger partial charge in [-0.2, -0.15) is 0 Å². The Morgan fingerprint density at radius 1 is 1.55 bits per heavy atom. The van der Waals surface area contributed by atoms with E-state index in [1.54, 1.807) is 0 Å². The average Bonchev–Trinajstić information content (AvgIpc) is 1.98. The number of aldehydes is 1. The molecule has 0 aromatic rings. The molecular formula is C8H14O3. The number of esters is 1. The van der Waals surface area contributed by atoms with Crippen LogP contribution in [0.3, 0.4) is 0 Å². The highest BCUT2D eigenvalue weighted by atomic mass is 16.5. The lowest BCUT2D eigenvalue weighted by molar-refractivity contribution is -0.148. The van der Waals surface area contributed by atoms with Crippen LogP contribution in [0.5, 0.6) is 0 Å². The molecule has 11 heavy (non-hydrogen) atoms. The zero-order chi connectivity index (χ0) is 8.85. The van der Waals surface area contributed by atoms with E-state index < -0.39 is 0 Å². The van der Waals surface area contributed by atoms with Gasteiger partial charge in [0.15, 0.2) is 0 Å². The second-order valence-corrected chi connectivity index (χ2v) is 2.78. The van der Waals surface area contributed by atoms with E-state index in [2.05, 4.69) is 4.74 Å². The summed E-state index contributed by atoms with van der Waals surface area (Å²) in [5.41, 5.74) is 0. The van der Waals surface area contributed by atoms with Crippen LogP contribution in [0.15, 0.2) is 0 Å². The van der Waals surface area contributed by atoms with Gasteiger partial charge in [0.2, 0.25) is 0 Å². The third-order valence-corrected chi connectivity index (χ3v) is 1.66. The van der Waals surface area contributed by atoms with Gasteiger partial charge in [0.25, 0.3) is 0 Å². The summed E-state index contributed by atoms with van der Waals surface area (Å²) in [6.45, 7) is 3.79. The highest BCUT2D eigenvalue weighted by Crippen LogP contribution is 2.14. The molecule has 1 unspecified atom stereocenters. The minimum absolute atomic E-state index is 0.160. The molecule has 0 bridgehead atoms. The molecule has 0 amide bonds. The second kappa shape index (κ2) is 4.88. The minimum Gasteiger partial charge on any atom is -0.469 e. The Morgan fingerprint density at radius 3 is 2.36 bits per heavy atom. The van der Waals surface area contributed by atoms with Gasteiger partial charge in [-0.25, -0.2) is 0 Å². The van der Waals surface area contributed by atoms with Crippen molar-refractivity contribution in [3.63, 3.8) is 0 Å². The largest absolute Gasteiger partial charge is 0.469 e. The summed E-state index contributed by atoms with van der Waals surface area (Å²) >= 11 is 0. The van der Waals surface area contributed by atoms with Crippen molar-refractivity contribution in [1.29, 1.82) is 0 Å². The summed E-state index contributed by atoms with van der Waals surface area (Å²) in [5, 5.41) is 0. The summed E-state index contributed by atoms with van der Waals surface area (Å²) in [5.74, 6) is -0.419. The first kappa shape index (κ1) is 10.1. The lowest BCUT2D eigenvalue weighted by Crippen LogP contribution is -2.21. The van der Waals surface area contributed by atoms with Gasteiger partial charge < -0.3 is 9.53 Å². The molecule has 0 fully saturated rings. The molecule has 64 valence electrons. The molecule has 3 heteroatoms. The van der Waals surface area contributed by atoms with Gasteiger partial charge in [-0.3, -0.25) is 4.79 Å². The van der Waals surface area contributed by atoms with E-state index in [1.807, 2.05) is 13.8 Å². The molecule has 0 spiro atoms. The predicted octanol–water partition coefficient (Wildman–Crippen LogP) is 1.02. The van der Waals surface area contributed by atoms with Crippen LogP contribution in [0.2, 0.25) is 0 Å². The average molecular weight is 158 g/mol. The van der Waals surface area contributed by atoms with E-state index in [0.717, 1.165) is 6.29 Å². The van der Waals surface area contributed by atoms with Crippen molar-refractivity contribution in [2.24, 2.45) is 11.8 Å². The highest BCUT2D eigenvalue weighted by Gasteiger charge is 2.21. The van der Waals surface area contributed by atoms with Crippen LogP contribution in [0.4, 0.5) is 0 Å². The zero-order valence-corrected chi connectivity index (χ0v) is 7.16. The monoisotopic (exact) mass is 158 g/mol. The quantitative estimate of drug-likeness (QED) is 0.453. The van der Waals surface area contributed by atoms with E-state index in [1.165, 1.54) is 7.11 Å². The lowest BCUT2D eigenvalue weighted by atomic mass is 9.93. The van der Waals surface area contributed by atoms with Crippen molar-refractivity contribution >= 4 is 12.3 Å². The number of methoxy groups -OCH3 is 1. The van der Waals surface area contributed by atoms with Crippen LogP contribution >= 0.6 is 0 Å². The predicted molar refractivity (Wildman–Crippen MR) is 41.0 cm³/mol. The Balaban J connectivity index is 4.08. The van der Waals surface area contributed by atoms with E-state index in [0.29, 0.717) is 0 Å². The third kappa shape index (κ3) is 3.16. The van der Waals surface area contributed by atoms with Gasteiger partial charge in [-0.1, -0.05) is 13.8 Å². The topological polar surface area (TPSA) is 43.4 Å². The molecule has 0 aromatic heterocycles. The number of ether oxygens (including phenoxy) is 1.